The quantitative estimate of drug-likeness (QED) is 0.102. The van der Waals surface area contributed by atoms with Crippen LogP contribution in [-0.4, -0.2) is 180 Å². The van der Waals surface area contributed by atoms with Gasteiger partial charge >= 0.3 is 11.9 Å². The van der Waals surface area contributed by atoms with E-state index in [9.17, 15) is 61.0 Å². The van der Waals surface area contributed by atoms with E-state index in [2.05, 4.69) is 34.3 Å². The first-order chi connectivity index (χ1) is 31.3. The second kappa shape index (κ2) is 18.3. The molecule has 0 spiro atoms. The standard InChI is InChI=1S/C48H76O19/c1-20(2)22-10-15-47(16-17-48(42(59)60)23(29(22)47)8-9-27-45(6)13-12-28(50)44(4,5)26(45)11-14-46(27,48)7)43(61)67-41-37(58)38(66-40-36(57)33(54)30(51)21(3)63-40)32(53)25(65-41)19-62-39-35(56)34(55)31(52)24(18-49)64-39/h21-41,49-58H,1,8-19H2,2-7H3,(H,59,60)/t21-,22+,23+,24+,25-,26+,27-,28-,29+,30-,31+,32+,33+,34-,35+,36+,37+,38-,39+,40-,41-,45-,46-,47+,48+/m0/s1. The van der Waals surface area contributed by atoms with Gasteiger partial charge < -0.3 is 84.6 Å². The van der Waals surface area contributed by atoms with Crippen LogP contribution in [0.15, 0.2) is 12.2 Å². The molecule has 0 aromatic heterocycles. The van der Waals surface area contributed by atoms with E-state index in [0.29, 0.717) is 32.1 Å². The second-order valence-electron chi connectivity index (χ2n) is 22.8. The normalized spacial score (nSPS) is 53.9. The van der Waals surface area contributed by atoms with Gasteiger partial charge in [0.25, 0.3) is 0 Å². The van der Waals surface area contributed by atoms with Crippen LogP contribution in [0.3, 0.4) is 0 Å². The maximum absolute atomic E-state index is 15.3. The molecule has 19 heteroatoms. The summed E-state index contributed by atoms with van der Waals surface area (Å²) in [4.78, 5) is 29.6. The molecule has 0 unspecified atom stereocenters. The fourth-order valence-electron chi connectivity index (χ4n) is 15.8. The Morgan fingerprint density at radius 3 is 1.99 bits per heavy atom. The SMILES string of the molecule is C=C(C)[C@H]1CC[C@@]2(C(=O)O[C@@H]3O[C@@H](CO[C@@H]4O[C@H](CO)[C@@H](O)[C@H](O)[C@H]4O)[C@@H](O)[C@H](O[C@@H]4O[C@@H](C)[C@H](O)[C@@H](O)[C@H]4O)[C@H]3O)CC[C@]3(C(=O)O)[C@H](CC[C@H]4[C@@]5(C)CC[C@H](O)C(C)(C)[C@H]5CC[C@@]43C)[C@@H]12. The Morgan fingerprint density at radius 1 is 0.672 bits per heavy atom. The second-order valence-corrected chi connectivity index (χ2v) is 22.8. The van der Waals surface area contributed by atoms with Gasteiger partial charge in [0.2, 0.25) is 6.29 Å². The number of aliphatic hydroxyl groups is 10. The predicted octanol–water partition coefficient (Wildman–Crippen LogP) is 0.0887. The maximum Gasteiger partial charge on any atom is 0.314 e. The molecule has 0 radical (unpaired) electrons. The van der Waals surface area contributed by atoms with E-state index in [-0.39, 0.29) is 41.4 Å². The van der Waals surface area contributed by atoms with E-state index >= 15 is 4.79 Å². The molecule has 0 aromatic carbocycles. The molecule has 67 heavy (non-hydrogen) atoms. The summed E-state index contributed by atoms with van der Waals surface area (Å²) in [6, 6.07) is 0. The minimum atomic E-state index is -1.98. The van der Waals surface area contributed by atoms with Gasteiger partial charge in [-0.15, -0.1) is 0 Å². The van der Waals surface area contributed by atoms with Crippen LogP contribution in [0.4, 0.5) is 0 Å². The number of hydrogen-bond acceptors (Lipinski definition) is 18. The lowest BCUT2D eigenvalue weighted by Gasteiger charge is -2.71. The zero-order valence-corrected chi connectivity index (χ0v) is 39.5. The average molecular weight is 957 g/mol. The van der Waals surface area contributed by atoms with Crippen molar-refractivity contribution in [2.24, 2.45) is 56.7 Å². The summed E-state index contributed by atoms with van der Waals surface area (Å²) in [5, 5.41) is 119. The van der Waals surface area contributed by atoms with E-state index in [4.69, 9.17) is 28.4 Å². The number of fused-ring (bicyclic) bond motifs is 7. The van der Waals surface area contributed by atoms with Crippen LogP contribution >= 0.6 is 0 Å². The van der Waals surface area contributed by atoms with Crippen LogP contribution in [0.1, 0.15) is 106 Å². The zero-order chi connectivity index (χ0) is 49.1. The molecule has 8 aliphatic rings. The number of carbonyl (C=O) groups is 2. The van der Waals surface area contributed by atoms with E-state index < -0.39 is 151 Å². The van der Waals surface area contributed by atoms with Gasteiger partial charge in [-0.2, -0.15) is 0 Å². The number of carbonyl (C=O) groups excluding carboxylic acids is 1. The summed E-state index contributed by atoms with van der Waals surface area (Å²) in [5.41, 5.74) is -2.83. The third-order valence-electron chi connectivity index (χ3n) is 19.5. The van der Waals surface area contributed by atoms with Crippen molar-refractivity contribution in [2.75, 3.05) is 13.2 Å². The highest BCUT2D eigenvalue weighted by Gasteiger charge is 2.76. The monoisotopic (exact) mass is 956 g/mol. The van der Waals surface area contributed by atoms with E-state index in [0.717, 1.165) is 24.8 Å². The molecule has 5 saturated carbocycles. The van der Waals surface area contributed by atoms with Crippen LogP contribution < -0.4 is 0 Å². The fourth-order valence-corrected chi connectivity index (χ4v) is 15.8. The molecule has 382 valence electrons. The van der Waals surface area contributed by atoms with Gasteiger partial charge in [-0.1, -0.05) is 39.8 Å². The van der Waals surface area contributed by atoms with Crippen LogP contribution in [0, 0.1) is 56.7 Å². The number of aliphatic hydroxyl groups excluding tert-OH is 10. The van der Waals surface area contributed by atoms with Crippen molar-refractivity contribution in [2.45, 2.75) is 204 Å². The van der Waals surface area contributed by atoms with Crippen molar-refractivity contribution in [3.05, 3.63) is 12.2 Å². The predicted molar refractivity (Wildman–Crippen MR) is 231 cm³/mol. The van der Waals surface area contributed by atoms with Gasteiger partial charge in [0.15, 0.2) is 12.6 Å². The molecule has 11 N–H and O–H groups in total. The highest BCUT2D eigenvalue weighted by molar-refractivity contribution is 5.81. The molecule has 3 aliphatic heterocycles. The van der Waals surface area contributed by atoms with E-state index in [1.165, 1.54) is 6.92 Å². The minimum Gasteiger partial charge on any atom is -0.481 e. The molecule has 0 amide bonds. The van der Waals surface area contributed by atoms with Gasteiger partial charge in [0.1, 0.15) is 67.1 Å². The molecule has 19 nitrogen and oxygen atoms in total. The molecule has 0 aromatic rings. The lowest BCUT2D eigenvalue weighted by Crippen LogP contribution is -2.70. The Kier molecular flexibility index (Phi) is 14.0. The highest BCUT2D eigenvalue weighted by atomic mass is 16.8. The lowest BCUT2D eigenvalue weighted by molar-refractivity contribution is -0.361. The van der Waals surface area contributed by atoms with Crippen LogP contribution in [0.25, 0.3) is 0 Å². The third-order valence-corrected chi connectivity index (χ3v) is 19.5. The lowest BCUT2D eigenvalue weighted by atomic mass is 9.32. The van der Waals surface area contributed by atoms with Crippen molar-refractivity contribution in [3.8, 4) is 0 Å². The number of rotatable bonds is 10. The Morgan fingerprint density at radius 2 is 1.33 bits per heavy atom. The summed E-state index contributed by atoms with van der Waals surface area (Å²) in [5.74, 6) is -2.59. The highest BCUT2D eigenvalue weighted by Crippen LogP contribution is 2.78. The first-order valence-electron chi connectivity index (χ1n) is 24.4. The van der Waals surface area contributed by atoms with Crippen molar-refractivity contribution < 1.29 is 94.2 Å². The van der Waals surface area contributed by atoms with Gasteiger partial charge in [0.05, 0.1) is 36.3 Å². The van der Waals surface area contributed by atoms with Crippen LogP contribution in [-0.2, 0) is 38.0 Å². The van der Waals surface area contributed by atoms with Crippen molar-refractivity contribution in [1.82, 2.24) is 0 Å². The van der Waals surface area contributed by atoms with Gasteiger partial charge in [-0.25, -0.2) is 0 Å². The molecule has 8 rings (SSSR count). The van der Waals surface area contributed by atoms with Crippen LogP contribution in [0.2, 0.25) is 0 Å². The van der Waals surface area contributed by atoms with E-state index in [1.54, 1.807) is 0 Å². The topological polar surface area (TPSA) is 312 Å². The fraction of sp³-hybridized carbons (Fsp3) is 0.917. The van der Waals surface area contributed by atoms with Crippen molar-refractivity contribution in [3.63, 3.8) is 0 Å². The maximum atomic E-state index is 15.3. The number of allylic oxidation sites excluding steroid dienone is 1. The van der Waals surface area contributed by atoms with Gasteiger partial charge in [-0.3, -0.25) is 9.59 Å². The Bertz CT molecular complexity index is 1850. The molecule has 8 fully saturated rings. The summed E-state index contributed by atoms with van der Waals surface area (Å²) in [6.45, 7) is 15.0. The largest absolute Gasteiger partial charge is 0.481 e. The Labute approximate surface area is 391 Å². The summed E-state index contributed by atoms with van der Waals surface area (Å²) in [7, 11) is 0. The number of carboxylic acids is 1. The van der Waals surface area contributed by atoms with Gasteiger partial charge in [0, 0.05) is 0 Å². The molecule has 3 saturated heterocycles. The molecule has 3 heterocycles. The molecular formula is C48H76O19. The zero-order valence-electron chi connectivity index (χ0n) is 39.5. The number of aliphatic carboxylic acids is 1. The molecule has 0 bridgehead atoms. The summed E-state index contributed by atoms with van der Waals surface area (Å²) < 4.78 is 35.1. The Balaban J connectivity index is 1.10. The van der Waals surface area contributed by atoms with Crippen LogP contribution in [0.5, 0.6) is 0 Å². The van der Waals surface area contributed by atoms with Crippen molar-refractivity contribution in [1.29, 1.82) is 0 Å². The molecular weight excluding hydrogens is 881 g/mol. The number of hydrogen-bond donors (Lipinski definition) is 11. The average Bonchev–Trinajstić information content (AvgIpc) is 3.69. The number of carboxylic acid groups (broad SMARTS) is 1. The first-order valence-corrected chi connectivity index (χ1v) is 24.4. The minimum absolute atomic E-state index is 0.0531. The first kappa shape index (κ1) is 51.4. The van der Waals surface area contributed by atoms with Crippen molar-refractivity contribution >= 4 is 11.9 Å². The smallest absolute Gasteiger partial charge is 0.314 e. The number of ether oxygens (including phenoxy) is 6. The Hall–Kier alpha value is -1.92. The molecule has 25 atom stereocenters. The molecule has 5 aliphatic carbocycles. The summed E-state index contributed by atoms with van der Waals surface area (Å²) >= 11 is 0. The number of esters is 1. The third kappa shape index (κ3) is 7.79. The van der Waals surface area contributed by atoms with Gasteiger partial charge in [-0.05, 0) is 124 Å². The summed E-state index contributed by atoms with van der Waals surface area (Å²) in [6.07, 6.45) is -20.4. The van der Waals surface area contributed by atoms with E-state index in [1.807, 2.05) is 6.92 Å².